The molecule has 4 aromatic rings. The highest BCUT2D eigenvalue weighted by molar-refractivity contribution is 6.08. The van der Waals surface area contributed by atoms with Crippen LogP contribution in [0, 0.1) is 19.7 Å². The Hall–Kier alpha value is -3.93. The lowest BCUT2D eigenvalue weighted by atomic mass is 10.1. The molecule has 31 heavy (non-hydrogen) atoms. The third kappa shape index (κ3) is 4.48. The van der Waals surface area contributed by atoms with E-state index >= 15 is 0 Å². The molecular formula is C25H22FN3O2. The Balaban J connectivity index is 1.78. The van der Waals surface area contributed by atoms with E-state index in [2.05, 4.69) is 10.4 Å². The van der Waals surface area contributed by atoms with E-state index in [0.29, 0.717) is 28.4 Å². The predicted molar refractivity (Wildman–Crippen MR) is 119 cm³/mol. The molecule has 3 aromatic carbocycles. The second-order valence-electron chi connectivity index (χ2n) is 7.37. The molecule has 0 saturated heterocycles. The number of anilines is 1. The molecule has 0 aliphatic rings. The van der Waals surface area contributed by atoms with Crippen LogP contribution in [-0.2, 0) is 0 Å². The summed E-state index contributed by atoms with van der Waals surface area (Å²) in [5.41, 5.74) is 5.13. The molecule has 1 amide bonds. The van der Waals surface area contributed by atoms with Crippen molar-refractivity contribution in [3.05, 3.63) is 95.4 Å². The molecule has 0 fully saturated rings. The van der Waals surface area contributed by atoms with Crippen molar-refractivity contribution in [2.75, 3.05) is 12.4 Å². The van der Waals surface area contributed by atoms with Gasteiger partial charge in [-0.15, -0.1) is 0 Å². The number of rotatable bonds is 5. The molecule has 0 spiro atoms. The van der Waals surface area contributed by atoms with Gasteiger partial charge in [0.15, 0.2) is 0 Å². The Kier molecular flexibility index (Phi) is 5.54. The van der Waals surface area contributed by atoms with Gasteiger partial charge in [0.25, 0.3) is 5.91 Å². The minimum absolute atomic E-state index is 0.281. The van der Waals surface area contributed by atoms with Crippen molar-refractivity contribution in [1.82, 2.24) is 9.78 Å². The van der Waals surface area contributed by atoms with Crippen LogP contribution in [0.25, 0.3) is 16.9 Å². The number of aromatic nitrogens is 2. The average Bonchev–Trinajstić information content (AvgIpc) is 3.19. The lowest BCUT2D eigenvalue weighted by Crippen LogP contribution is -2.12. The largest absolute Gasteiger partial charge is 0.497 e. The van der Waals surface area contributed by atoms with E-state index in [1.807, 2.05) is 56.3 Å². The number of amides is 1. The standard InChI is InChI=1S/C25H22FN3O2/c1-16-11-17(2)13-20(12-16)27-25(30)23-15-29(21-9-7-19(26)8-10-21)28-24(23)18-5-4-6-22(14-18)31-3/h4-15H,1-3H3,(H,27,30). The molecule has 156 valence electrons. The van der Waals surface area contributed by atoms with E-state index in [9.17, 15) is 9.18 Å². The average molecular weight is 415 g/mol. The molecule has 0 saturated carbocycles. The summed E-state index contributed by atoms with van der Waals surface area (Å²) in [5, 5.41) is 7.60. The maximum absolute atomic E-state index is 13.4. The highest BCUT2D eigenvalue weighted by Gasteiger charge is 2.19. The molecule has 0 unspecified atom stereocenters. The van der Waals surface area contributed by atoms with Crippen molar-refractivity contribution >= 4 is 11.6 Å². The lowest BCUT2D eigenvalue weighted by Gasteiger charge is -2.08. The number of methoxy groups -OCH3 is 1. The molecule has 5 nitrogen and oxygen atoms in total. The van der Waals surface area contributed by atoms with Gasteiger partial charge in [0.1, 0.15) is 17.3 Å². The van der Waals surface area contributed by atoms with Crippen LogP contribution in [0.3, 0.4) is 0 Å². The van der Waals surface area contributed by atoms with Gasteiger partial charge in [0.2, 0.25) is 0 Å². The molecule has 0 atom stereocenters. The zero-order valence-electron chi connectivity index (χ0n) is 17.5. The first-order valence-corrected chi connectivity index (χ1v) is 9.82. The number of halogens is 1. The van der Waals surface area contributed by atoms with Crippen molar-refractivity contribution in [1.29, 1.82) is 0 Å². The highest BCUT2D eigenvalue weighted by Crippen LogP contribution is 2.28. The second-order valence-corrected chi connectivity index (χ2v) is 7.37. The second kappa shape index (κ2) is 8.44. The van der Waals surface area contributed by atoms with Crippen molar-refractivity contribution in [2.24, 2.45) is 0 Å². The van der Waals surface area contributed by atoms with E-state index in [4.69, 9.17) is 4.74 Å². The van der Waals surface area contributed by atoms with Gasteiger partial charge in [-0.05, 0) is 73.5 Å². The Morgan fingerprint density at radius 3 is 2.39 bits per heavy atom. The normalized spacial score (nSPS) is 10.7. The summed E-state index contributed by atoms with van der Waals surface area (Å²) in [5.74, 6) is 0.0439. The fourth-order valence-corrected chi connectivity index (χ4v) is 3.50. The third-order valence-corrected chi connectivity index (χ3v) is 4.87. The molecule has 1 N–H and O–H groups in total. The Morgan fingerprint density at radius 2 is 1.71 bits per heavy atom. The number of carbonyl (C=O) groups is 1. The first-order chi connectivity index (χ1) is 14.9. The van der Waals surface area contributed by atoms with Gasteiger partial charge in [-0.3, -0.25) is 4.79 Å². The fraction of sp³-hybridized carbons (Fsp3) is 0.120. The monoisotopic (exact) mass is 415 g/mol. The van der Waals surface area contributed by atoms with Crippen LogP contribution >= 0.6 is 0 Å². The zero-order valence-corrected chi connectivity index (χ0v) is 17.5. The molecule has 0 aliphatic carbocycles. The Bertz CT molecular complexity index is 1230. The summed E-state index contributed by atoms with van der Waals surface area (Å²) >= 11 is 0. The van der Waals surface area contributed by atoms with Crippen LogP contribution < -0.4 is 10.1 Å². The van der Waals surface area contributed by atoms with E-state index in [-0.39, 0.29) is 11.7 Å². The molecular weight excluding hydrogens is 393 g/mol. The van der Waals surface area contributed by atoms with Crippen LogP contribution in [0.15, 0.2) is 72.9 Å². The van der Waals surface area contributed by atoms with Crippen molar-refractivity contribution in [2.45, 2.75) is 13.8 Å². The summed E-state index contributed by atoms with van der Waals surface area (Å²) in [6, 6.07) is 19.2. The third-order valence-electron chi connectivity index (χ3n) is 4.87. The summed E-state index contributed by atoms with van der Waals surface area (Å²) in [4.78, 5) is 13.2. The van der Waals surface area contributed by atoms with E-state index in [1.54, 1.807) is 30.1 Å². The summed E-state index contributed by atoms with van der Waals surface area (Å²) < 4.78 is 20.3. The first-order valence-electron chi connectivity index (χ1n) is 9.82. The number of nitrogens with zero attached hydrogens (tertiary/aromatic N) is 2. The maximum Gasteiger partial charge on any atom is 0.259 e. The van der Waals surface area contributed by atoms with Gasteiger partial charge >= 0.3 is 0 Å². The van der Waals surface area contributed by atoms with Crippen molar-refractivity contribution in [3.8, 4) is 22.7 Å². The van der Waals surface area contributed by atoms with E-state index in [0.717, 1.165) is 16.7 Å². The molecule has 1 heterocycles. The Morgan fingerprint density at radius 1 is 1.00 bits per heavy atom. The zero-order chi connectivity index (χ0) is 22.0. The molecule has 0 bridgehead atoms. The smallest absolute Gasteiger partial charge is 0.259 e. The van der Waals surface area contributed by atoms with Gasteiger partial charge < -0.3 is 10.1 Å². The van der Waals surface area contributed by atoms with Crippen molar-refractivity contribution in [3.63, 3.8) is 0 Å². The number of hydrogen-bond acceptors (Lipinski definition) is 3. The van der Waals surface area contributed by atoms with E-state index < -0.39 is 0 Å². The van der Waals surface area contributed by atoms with Crippen LogP contribution in [0.4, 0.5) is 10.1 Å². The molecule has 4 rings (SSSR count). The predicted octanol–water partition coefficient (Wildman–Crippen LogP) is 5.56. The number of benzene rings is 3. The molecule has 0 radical (unpaired) electrons. The van der Waals surface area contributed by atoms with Crippen molar-refractivity contribution < 1.29 is 13.9 Å². The van der Waals surface area contributed by atoms with Crippen LogP contribution in [-0.4, -0.2) is 22.8 Å². The number of nitrogens with one attached hydrogen (secondary N) is 1. The van der Waals surface area contributed by atoms with Crippen LogP contribution in [0.5, 0.6) is 5.75 Å². The first kappa shape index (κ1) is 20.3. The number of hydrogen-bond donors (Lipinski definition) is 1. The summed E-state index contributed by atoms with van der Waals surface area (Å²) in [7, 11) is 1.59. The Labute approximate surface area is 180 Å². The van der Waals surface area contributed by atoms with E-state index in [1.165, 1.54) is 12.1 Å². The maximum atomic E-state index is 13.4. The molecule has 0 aliphatic heterocycles. The van der Waals surface area contributed by atoms with Gasteiger partial charge in [-0.1, -0.05) is 18.2 Å². The summed E-state index contributed by atoms with van der Waals surface area (Å²) in [6.45, 7) is 3.97. The van der Waals surface area contributed by atoms with Gasteiger partial charge in [0, 0.05) is 17.4 Å². The number of ether oxygens (including phenoxy) is 1. The SMILES string of the molecule is COc1cccc(-c2nn(-c3ccc(F)cc3)cc2C(=O)Nc2cc(C)cc(C)c2)c1. The molecule has 1 aromatic heterocycles. The molecule has 6 heteroatoms. The highest BCUT2D eigenvalue weighted by atomic mass is 19.1. The van der Waals surface area contributed by atoms with Gasteiger partial charge in [-0.25, -0.2) is 9.07 Å². The quantitative estimate of drug-likeness (QED) is 0.465. The fourth-order valence-electron chi connectivity index (χ4n) is 3.50. The van der Waals surface area contributed by atoms with Gasteiger partial charge in [-0.2, -0.15) is 5.10 Å². The summed E-state index contributed by atoms with van der Waals surface area (Å²) in [6.07, 6.45) is 1.65. The minimum atomic E-state index is -0.336. The minimum Gasteiger partial charge on any atom is -0.497 e. The van der Waals surface area contributed by atoms with Crippen LogP contribution in [0.1, 0.15) is 21.5 Å². The topological polar surface area (TPSA) is 56.2 Å². The number of carbonyl (C=O) groups excluding carboxylic acids is 1. The van der Waals surface area contributed by atoms with Gasteiger partial charge in [0.05, 0.1) is 18.4 Å². The van der Waals surface area contributed by atoms with Crippen LogP contribution in [0.2, 0.25) is 0 Å². The number of aryl methyl sites for hydroxylation is 2. The lowest BCUT2D eigenvalue weighted by molar-refractivity contribution is 0.102.